The molecule has 3 atom stereocenters. The molecule has 0 bridgehead atoms. The average Bonchev–Trinajstić information content (AvgIpc) is 3.31. The predicted octanol–water partition coefficient (Wildman–Crippen LogP) is 2.85. The molecule has 3 aromatic rings. The summed E-state index contributed by atoms with van der Waals surface area (Å²) < 4.78 is 21.9. The molecule has 1 heterocycles. The van der Waals surface area contributed by atoms with E-state index in [4.69, 9.17) is 10.5 Å². The van der Waals surface area contributed by atoms with Crippen LogP contribution in [0.25, 0.3) is 17.0 Å². The smallest absolute Gasteiger partial charge is 0.137 e. The first kappa shape index (κ1) is 23.6. The standard InChI is InChI=1S/C24H28FN3O4/c1-16(30)24-27-10-11-28(24)20(14-29)12-23(25)19-4-2-17(3-5-19)18-6-8-22(9-7-18)32-15-21(31)13-26/h2-12,16,20-21,29-31H,13-15,26H2,1H3/t16-,20?,21-/m0/s1. The molecular weight excluding hydrogens is 413 g/mol. The third kappa shape index (κ3) is 5.80. The summed E-state index contributed by atoms with van der Waals surface area (Å²) in [6, 6.07) is 13.6. The maximum absolute atomic E-state index is 14.9. The van der Waals surface area contributed by atoms with E-state index in [2.05, 4.69) is 4.98 Å². The van der Waals surface area contributed by atoms with Gasteiger partial charge in [0.15, 0.2) is 0 Å². The molecule has 0 saturated carbocycles. The largest absolute Gasteiger partial charge is 0.491 e. The van der Waals surface area contributed by atoms with Gasteiger partial charge in [0.1, 0.15) is 36.2 Å². The van der Waals surface area contributed by atoms with Crippen molar-refractivity contribution >= 4 is 5.83 Å². The van der Waals surface area contributed by atoms with Gasteiger partial charge < -0.3 is 30.4 Å². The number of aromatic nitrogens is 2. The van der Waals surface area contributed by atoms with Gasteiger partial charge in [0.2, 0.25) is 0 Å². The molecule has 0 saturated heterocycles. The maximum atomic E-state index is 14.9. The summed E-state index contributed by atoms with van der Waals surface area (Å²) in [7, 11) is 0. The number of aliphatic hydroxyl groups is 3. The summed E-state index contributed by atoms with van der Waals surface area (Å²) in [5, 5.41) is 29.0. The molecule has 1 unspecified atom stereocenters. The van der Waals surface area contributed by atoms with E-state index in [0.29, 0.717) is 17.1 Å². The number of halogens is 1. The monoisotopic (exact) mass is 441 g/mol. The lowest BCUT2D eigenvalue weighted by Gasteiger charge is -2.17. The van der Waals surface area contributed by atoms with Crippen molar-refractivity contribution in [2.75, 3.05) is 19.8 Å². The second-order valence-electron chi connectivity index (χ2n) is 7.44. The summed E-state index contributed by atoms with van der Waals surface area (Å²) in [5.74, 6) is 0.495. The van der Waals surface area contributed by atoms with Crippen LogP contribution in [0.4, 0.5) is 4.39 Å². The molecular formula is C24H28FN3O4. The minimum Gasteiger partial charge on any atom is -0.491 e. The van der Waals surface area contributed by atoms with Crippen molar-refractivity contribution in [2.24, 2.45) is 5.73 Å². The van der Waals surface area contributed by atoms with Gasteiger partial charge in [0.25, 0.3) is 0 Å². The summed E-state index contributed by atoms with van der Waals surface area (Å²) >= 11 is 0. The van der Waals surface area contributed by atoms with E-state index >= 15 is 0 Å². The number of rotatable bonds is 10. The Morgan fingerprint density at radius 3 is 2.31 bits per heavy atom. The highest BCUT2D eigenvalue weighted by Gasteiger charge is 2.16. The van der Waals surface area contributed by atoms with Crippen molar-refractivity contribution < 1.29 is 24.4 Å². The van der Waals surface area contributed by atoms with E-state index in [-0.39, 0.29) is 19.8 Å². The van der Waals surface area contributed by atoms with E-state index < -0.39 is 24.1 Å². The quantitative estimate of drug-likeness (QED) is 0.385. The van der Waals surface area contributed by atoms with Crippen LogP contribution in [0.15, 0.2) is 67.0 Å². The number of benzene rings is 2. The fraction of sp³-hybridized carbons (Fsp3) is 0.292. The first-order valence-corrected chi connectivity index (χ1v) is 10.3. The lowest BCUT2D eigenvalue weighted by molar-refractivity contribution is 0.114. The number of hydrogen-bond donors (Lipinski definition) is 4. The van der Waals surface area contributed by atoms with Crippen LogP contribution in [0.5, 0.6) is 5.75 Å². The summed E-state index contributed by atoms with van der Waals surface area (Å²) in [4.78, 5) is 4.06. The molecule has 0 amide bonds. The summed E-state index contributed by atoms with van der Waals surface area (Å²) in [5.41, 5.74) is 7.57. The third-order valence-electron chi connectivity index (χ3n) is 5.02. The Bertz CT molecular complexity index is 1020. The minimum absolute atomic E-state index is 0.128. The minimum atomic E-state index is -0.836. The Morgan fingerprint density at radius 1 is 1.12 bits per heavy atom. The lowest BCUT2D eigenvalue weighted by Crippen LogP contribution is -2.26. The molecule has 0 radical (unpaired) electrons. The first-order valence-electron chi connectivity index (χ1n) is 10.3. The van der Waals surface area contributed by atoms with Crippen molar-refractivity contribution in [3.63, 3.8) is 0 Å². The van der Waals surface area contributed by atoms with E-state index in [1.807, 2.05) is 24.3 Å². The molecule has 0 aliphatic heterocycles. The van der Waals surface area contributed by atoms with Gasteiger partial charge >= 0.3 is 0 Å². The number of hydrogen-bond acceptors (Lipinski definition) is 6. The summed E-state index contributed by atoms with van der Waals surface area (Å²) in [6.45, 7) is 1.49. The van der Waals surface area contributed by atoms with Crippen LogP contribution in [0.1, 0.15) is 30.5 Å². The van der Waals surface area contributed by atoms with Crippen molar-refractivity contribution in [1.29, 1.82) is 0 Å². The van der Waals surface area contributed by atoms with Gasteiger partial charge in [-0.2, -0.15) is 0 Å². The van der Waals surface area contributed by atoms with E-state index in [0.717, 1.165) is 11.1 Å². The first-order chi connectivity index (χ1) is 15.4. The Hall–Kier alpha value is -3.04. The molecule has 0 aliphatic carbocycles. The SMILES string of the molecule is C[C@H](O)c1nccn1C(C=C(F)c1ccc(-c2ccc(OC[C@@H](O)CN)cc2)cc1)CO. The van der Waals surface area contributed by atoms with Crippen LogP contribution < -0.4 is 10.5 Å². The lowest BCUT2D eigenvalue weighted by atomic mass is 10.0. The third-order valence-corrected chi connectivity index (χ3v) is 5.02. The van der Waals surface area contributed by atoms with Gasteiger partial charge in [-0.3, -0.25) is 0 Å². The Labute approximate surface area is 186 Å². The zero-order valence-electron chi connectivity index (χ0n) is 17.8. The Kier molecular flexibility index (Phi) is 8.13. The van der Waals surface area contributed by atoms with Gasteiger partial charge in [0, 0.05) is 24.5 Å². The number of imidazole rings is 1. The number of ether oxygens (including phenoxy) is 1. The fourth-order valence-electron chi connectivity index (χ4n) is 3.24. The molecule has 3 rings (SSSR count). The van der Waals surface area contributed by atoms with Gasteiger partial charge in [-0.25, -0.2) is 9.37 Å². The molecule has 0 aliphatic rings. The van der Waals surface area contributed by atoms with Crippen LogP contribution in [-0.2, 0) is 0 Å². The molecule has 2 aromatic carbocycles. The van der Waals surface area contributed by atoms with Crippen molar-refractivity contribution in [3.8, 4) is 16.9 Å². The highest BCUT2D eigenvalue weighted by atomic mass is 19.1. The molecule has 32 heavy (non-hydrogen) atoms. The van der Waals surface area contributed by atoms with E-state index in [9.17, 15) is 19.7 Å². The van der Waals surface area contributed by atoms with Crippen LogP contribution in [0.2, 0.25) is 0 Å². The normalized spacial score (nSPS) is 14.8. The molecule has 5 N–H and O–H groups in total. The van der Waals surface area contributed by atoms with Crippen LogP contribution in [0, 0.1) is 0 Å². The number of nitrogens with zero attached hydrogens (tertiary/aromatic N) is 2. The second kappa shape index (κ2) is 11.0. The van der Waals surface area contributed by atoms with Gasteiger partial charge in [-0.15, -0.1) is 0 Å². The average molecular weight is 442 g/mol. The van der Waals surface area contributed by atoms with Crippen LogP contribution in [-0.4, -0.2) is 50.7 Å². The summed E-state index contributed by atoms with van der Waals surface area (Å²) in [6.07, 6.45) is 2.87. The van der Waals surface area contributed by atoms with Gasteiger partial charge in [-0.1, -0.05) is 36.4 Å². The Morgan fingerprint density at radius 2 is 1.75 bits per heavy atom. The molecule has 0 spiro atoms. The maximum Gasteiger partial charge on any atom is 0.137 e. The van der Waals surface area contributed by atoms with Gasteiger partial charge in [0.05, 0.1) is 12.6 Å². The molecule has 170 valence electrons. The molecule has 7 nitrogen and oxygen atoms in total. The molecule has 0 fully saturated rings. The van der Waals surface area contributed by atoms with Crippen molar-refractivity contribution in [1.82, 2.24) is 9.55 Å². The number of aliphatic hydroxyl groups excluding tert-OH is 3. The Balaban J connectivity index is 1.72. The topological polar surface area (TPSA) is 114 Å². The van der Waals surface area contributed by atoms with E-state index in [1.54, 1.807) is 42.0 Å². The highest BCUT2D eigenvalue weighted by Crippen LogP contribution is 2.27. The number of nitrogens with two attached hydrogens (primary N) is 1. The molecule has 1 aromatic heterocycles. The zero-order chi connectivity index (χ0) is 23.1. The fourth-order valence-corrected chi connectivity index (χ4v) is 3.24. The predicted molar refractivity (Wildman–Crippen MR) is 121 cm³/mol. The van der Waals surface area contributed by atoms with Gasteiger partial charge in [-0.05, 0) is 36.3 Å². The zero-order valence-corrected chi connectivity index (χ0v) is 17.8. The van der Waals surface area contributed by atoms with E-state index in [1.165, 1.54) is 12.3 Å². The molecule has 8 heteroatoms. The van der Waals surface area contributed by atoms with Crippen LogP contribution >= 0.6 is 0 Å². The van der Waals surface area contributed by atoms with Crippen molar-refractivity contribution in [3.05, 3.63) is 78.4 Å². The second-order valence-corrected chi connectivity index (χ2v) is 7.44. The van der Waals surface area contributed by atoms with Crippen LogP contribution in [0.3, 0.4) is 0 Å². The highest BCUT2D eigenvalue weighted by molar-refractivity contribution is 5.68. The van der Waals surface area contributed by atoms with Crippen molar-refractivity contribution in [2.45, 2.75) is 25.2 Å².